The van der Waals surface area contributed by atoms with Gasteiger partial charge in [-0.15, -0.1) is 16.9 Å². The molecule has 1 atom stereocenters. The summed E-state index contributed by atoms with van der Waals surface area (Å²) in [7, 11) is 0. The molecule has 7 heteroatoms. The monoisotopic (exact) mass is 386 g/mol. The summed E-state index contributed by atoms with van der Waals surface area (Å²) in [5.41, 5.74) is 2.19. The van der Waals surface area contributed by atoms with Gasteiger partial charge in [-0.25, -0.2) is 0 Å². The van der Waals surface area contributed by atoms with Crippen LogP contribution < -0.4 is 5.32 Å². The highest BCUT2D eigenvalue weighted by Crippen LogP contribution is 2.28. The number of thioether (sulfide) groups is 1. The maximum absolute atomic E-state index is 12.4. The van der Waals surface area contributed by atoms with Gasteiger partial charge in [0.2, 0.25) is 5.91 Å². The average Bonchev–Trinajstić information content (AvgIpc) is 3.18. The Hall–Kier alpha value is -2.31. The largest absolute Gasteiger partial charge is 0.355 e. The minimum Gasteiger partial charge on any atom is -0.355 e. The maximum Gasteiger partial charge on any atom is 0.220 e. The first-order chi connectivity index (χ1) is 12.7. The third kappa shape index (κ3) is 5.34. The standard InChI is InChI=1S/C19H19ClN4OS/c20-16-8-6-15(7-9-16)17(14-4-2-1-3-5-14)12-18(25)21-10-11-26-19-13-22-24-23-19/h1-9,13,17H,10-12H2,(H,21,25)(H,22,23,24)/t17-/m1/s1. The van der Waals surface area contributed by atoms with Gasteiger partial charge in [0.15, 0.2) is 0 Å². The predicted octanol–water partition coefficient (Wildman–Crippen LogP) is 3.89. The van der Waals surface area contributed by atoms with E-state index in [4.69, 9.17) is 11.6 Å². The van der Waals surface area contributed by atoms with Crippen molar-refractivity contribution >= 4 is 29.3 Å². The minimum absolute atomic E-state index is 0.00309. The van der Waals surface area contributed by atoms with Gasteiger partial charge in [-0.1, -0.05) is 54.1 Å². The lowest BCUT2D eigenvalue weighted by Crippen LogP contribution is -2.27. The van der Waals surface area contributed by atoms with Crippen molar-refractivity contribution < 1.29 is 4.79 Å². The second-order valence-corrected chi connectivity index (χ2v) is 7.28. The van der Waals surface area contributed by atoms with E-state index < -0.39 is 0 Å². The van der Waals surface area contributed by atoms with E-state index in [1.807, 2.05) is 54.6 Å². The van der Waals surface area contributed by atoms with Gasteiger partial charge in [0.1, 0.15) is 5.03 Å². The number of carbonyl (C=O) groups is 1. The summed E-state index contributed by atoms with van der Waals surface area (Å²) in [6.45, 7) is 0.582. The van der Waals surface area contributed by atoms with Crippen LogP contribution in [0.1, 0.15) is 23.5 Å². The molecule has 3 aromatic rings. The van der Waals surface area contributed by atoms with Gasteiger partial charge >= 0.3 is 0 Å². The number of benzene rings is 2. The molecular formula is C19H19ClN4OS. The van der Waals surface area contributed by atoms with Crippen LogP contribution in [-0.4, -0.2) is 33.6 Å². The number of carbonyl (C=O) groups excluding carboxylic acids is 1. The zero-order valence-corrected chi connectivity index (χ0v) is 15.6. The summed E-state index contributed by atoms with van der Waals surface area (Å²) in [4.78, 5) is 12.4. The molecule has 2 N–H and O–H groups in total. The van der Waals surface area contributed by atoms with Gasteiger partial charge in [-0.3, -0.25) is 4.79 Å². The molecule has 0 bridgehead atoms. The number of hydrogen-bond acceptors (Lipinski definition) is 4. The zero-order chi connectivity index (χ0) is 18.2. The van der Waals surface area contributed by atoms with E-state index in [-0.39, 0.29) is 11.8 Å². The van der Waals surface area contributed by atoms with E-state index in [2.05, 4.69) is 20.7 Å². The first-order valence-electron chi connectivity index (χ1n) is 8.28. The predicted molar refractivity (Wildman–Crippen MR) is 104 cm³/mol. The topological polar surface area (TPSA) is 70.7 Å². The fourth-order valence-corrected chi connectivity index (χ4v) is 3.44. The molecule has 0 saturated heterocycles. The number of amides is 1. The van der Waals surface area contributed by atoms with Crippen molar-refractivity contribution in [2.24, 2.45) is 0 Å². The van der Waals surface area contributed by atoms with Crippen molar-refractivity contribution in [2.45, 2.75) is 17.4 Å². The normalized spacial score (nSPS) is 11.9. The summed E-state index contributed by atoms with van der Waals surface area (Å²) >= 11 is 7.55. The number of halogens is 1. The van der Waals surface area contributed by atoms with E-state index in [0.717, 1.165) is 21.9 Å². The van der Waals surface area contributed by atoms with Crippen LogP contribution in [0.2, 0.25) is 5.02 Å². The lowest BCUT2D eigenvalue weighted by molar-refractivity contribution is -0.121. The van der Waals surface area contributed by atoms with Crippen molar-refractivity contribution in [3.8, 4) is 0 Å². The molecule has 1 aromatic heterocycles. The molecule has 134 valence electrons. The molecule has 0 saturated carbocycles. The minimum atomic E-state index is -0.00309. The number of rotatable bonds is 8. The lowest BCUT2D eigenvalue weighted by atomic mass is 9.88. The molecule has 1 amide bonds. The van der Waals surface area contributed by atoms with Crippen LogP contribution in [0.15, 0.2) is 65.8 Å². The van der Waals surface area contributed by atoms with Crippen molar-refractivity contribution in [1.82, 2.24) is 20.7 Å². The number of hydrogen-bond donors (Lipinski definition) is 2. The Bertz CT molecular complexity index is 809. The van der Waals surface area contributed by atoms with Crippen LogP contribution in [0.4, 0.5) is 0 Å². The SMILES string of the molecule is O=C(C[C@H](c1ccccc1)c1ccc(Cl)cc1)NCCSc1cn[nH]n1. The van der Waals surface area contributed by atoms with Gasteiger partial charge in [-0.2, -0.15) is 10.3 Å². The zero-order valence-electron chi connectivity index (χ0n) is 14.1. The second kappa shape index (κ2) is 9.40. The Morgan fingerprint density at radius 3 is 2.54 bits per heavy atom. The Kier molecular flexibility index (Phi) is 6.68. The summed E-state index contributed by atoms with van der Waals surface area (Å²) in [6.07, 6.45) is 2.05. The van der Waals surface area contributed by atoms with Gasteiger partial charge in [0.05, 0.1) is 6.20 Å². The number of aromatic amines is 1. The molecule has 0 aliphatic carbocycles. The fraction of sp³-hybridized carbons (Fsp3) is 0.211. The molecule has 0 fully saturated rings. The lowest BCUT2D eigenvalue weighted by Gasteiger charge is -2.18. The number of H-pyrrole nitrogens is 1. The molecule has 0 radical (unpaired) electrons. The quantitative estimate of drug-likeness (QED) is 0.455. The number of aromatic nitrogens is 3. The van der Waals surface area contributed by atoms with Gasteiger partial charge < -0.3 is 5.32 Å². The number of nitrogens with zero attached hydrogens (tertiary/aromatic N) is 2. The molecule has 5 nitrogen and oxygen atoms in total. The van der Waals surface area contributed by atoms with Crippen LogP contribution in [0.5, 0.6) is 0 Å². The van der Waals surface area contributed by atoms with Crippen LogP contribution >= 0.6 is 23.4 Å². The van der Waals surface area contributed by atoms with Crippen molar-refractivity contribution in [3.63, 3.8) is 0 Å². The maximum atomic E-state index is 12.4. The second-order valence-electron chi connectivity index (χ2n) is 5.73. The Labute approximate surface area is 161 Å². The smallest absolute Gasteiger partial charge is 0.220 e. The summed E-state index contributed by atoms with van der Waals surface area (Å²) in [6, 6.07) is 17.7. The van der Waals surface area contributed by atoms with Crippen molar-refractivity contribution in [2.75, 3.05) is 12.3 Å². The fourth-order valence-electron chi connectivity index (χ4n) is 2.67. The van der Waals surface area contributed by atoms with Crippen LogP contribution in [0.3, 0.4) is 0 Å². The number of nitrogens with one attached hydrogen (secondary N) is 2. The molecule has 2 aromatic carbocycles. The van der Waals surface area contributed by atoms with Crippen LogP contribution in [0, 0.1) is 0 Å². The highest BCUT2D eigenvalue weighted by molar-refractivity contribution is 7.99. The van der Waals surface area contributed by atoms with E-state index in [9.17, 15) is 4.79 Å². The van der Waals surface area contributed by atoms with E-state index in [1.54, 1.807) is 18.0 Å². The third-order valence-electron chi connectivity index (χ3n) is 3.93. The summed E-state index contributed by atoms with van der Waals surface area (Å²) < 4.78 is 0. The molecule has 1 heterocycles. The molecule has 26 heavy (non-hydrogen) atoms. The highest BCUT2D eigenvalue weighted by atomic mass is 35.5. The van der Waals surface area contributed by atoms with Crippen LogP contribution in [0.25, 0.3) is 0 Å². The molecular weight excluding hydrogens is 368 g/mol. The van der Waals surface area contributed by atoms with Gasteiger partial charge in [0.25, 0.3) is 0 Å². The van der Waals surface area contributed by atoms with E-state index in [1.165, 1.54) is 0 Å². The van der Waals surface area contributed by atoms with Gasteiger partial charge in [0, 0.05) is 29.7 Å². The Morgan fingerprint density at radius 1 is 1.12 bits per heavy atom. The Balaban J connectivity index is 1.60. The van der Waals surface area contributed by atoms with Crippen LogP contribution in [-0.2, 0) is 4.79 Å². The molecule has 0 aliphatic heterocycles. The Morgan fingerprint density at radius 2 is 1.85 bits per heavy atom. The van der Waals surface area contributed by atoms with E-state index in [0.29, 0.717) is 18.0 Å². The van der Waals surface area contributed by atoms with Gasteiger partial charge in [-0.05, 0) is 23.3 Å². The first kappa shape index (κ1) is 18.5. The first-order valence-corrected chi connectivity index (χ1v) is 9.64. The average molecular weight is 387 g/mol. The van der Waals surface area contributed by atoms with Crippen molar-refractivity contribution in [1.29, 1.82) is 0 Å². The van der Waals surface area contributed by atoms with E-state index >= 15 is 0 Å². The third-order valence-corrected chi connectivity index (χ3v) is 5.08. The molecule has 0 spiro atoms. The highest BCUT2D eigenvalue weighted by Gasteiger charge is 2.18. The molecule has 0 unspecified atom stereocenters. The molecule has 0 aliphatic rings. The summed E-state index contributed by atoms with van der Waals surface area (Å²) in [5, 5.41) is 14.8. The molecule has 3 rings (SSSR count). The summed E-state index contributed by atoms with van der Waals surface area (Å²) in [5.74, 6) is 0.765. The van der Waals surface area contributed by atoms with Crippen molar-refractivity contribution in [3.05, 3.63) is 76.9 Å².